The lowest BCUT2D eigenvalue weighted by Crippen LogP contribution is -2.52. The predicted molar refractivity (Wildman–Crippen MR) is 94.9 cm³/mol. The maximum Gasteiger partial charge on any atom is 0.306 e. The van der Waals surface area contributed by atoms with Crippen LogP contribution in [0.2, 0.25) is 0 Å². The first-order valence-corrected chi connectivity index (χ1v) is 9.20. The monoisotopic (exact) mass is 371 g/mol. The van der Waals surface area contributed by atoms with Crippen LogP contribution in [0.15, 0.2) is 18.2 Å². The molecule has 3 amide bonds. The average molecular weight is 371 g/mol. The molecule has 0 bridgehead atoms. The van der Waals surface area contributed by atoms with Crippen LogP contribution in [0.4, 0.5) is 5.69 Å². The van der Waals surface area contributed by atoms with Crippen molar-refractivity contribution in [2.75, 3.05) is 5.32 Å². The second-order valence-corrected chi connectivity index (χ2v) is 7.42. The van der Waals surface area contributed by atoms with Gasteiger partial charge in [0, 0.05) is 35.8 Å². The van der Waals surface area contributed by atoms with E-state index in [1.54, 1.807) is 12.1 Å². The van der Waals surface area contributed by atoms with Gasteiger partial charge in [-0.3, -0.25) is 24.5 Å². The molecule has 3 aliphatic rings. The molecular formula is C19H21N3O5. The average Bonchev–Trinajstić information content (AvgIpc) is 3.21. The third-order valence-corrected chi connectivity index (χ3v) is 5.72. The molecule has 4 rings (SSSR count). The highest BCUT2D eigenvalue weighted by molar-refractivity contribution is 6.06. The SMILES string of the molecule is O=C1CCC(N2Cc3c(N[C@@H]4CC[C@@H](C(=O)O)C4)cccc3C2=O)C(=O)N1. The fraction of sp³-hybridized carbons (Fsp3) is 0.474. The van der Waals surface area contributed by atoms with Crippen molar-refractivity contribution in [3.05, 3.63) is 29.3 Å². The van der Waals surface area contributed by atoms with Crippen LogP contribution in [-0.4, -0.2) is 45.8 Å². The van der Waals surface area contributed by atoms with Gasteiger partial charge >= 0.3 is 5.97 Å². The number of carbonyl (C=O) groups excluding carboxylic acids is 3. The Morgan fingerprint density at radius 1 is 1.19 bits per heavy atom. The number of hydrogen-bond donors (Lipinski definition) is 3. The highest BCUT2D eigenvalue weighted by Gasteiger charge is 2.40. The van der Waals surface area contributed by atoms with Gasteiger partial charge in [-0.15, -0.1) is 0 Å². The minimum atomic E-state index is -0.767. The van der Waals surface area contributed by atoms with Crippen LogP contribution in [0.1, 0.15) is 48.0 Å². The molecule has 1 saturated carbocycles. The summed E-state index contributed by atoms with van der Waals surface area (Å²) < 4.78 is 0. The Balaban J connectivity index is 1.52. The number of fused-ring (bicyclic) bond motifs is 1. The largest absolute Gasteiger partial charge is 0.481 e. The number of anilines is 1. The van der Waals surface area contributed by atoms with Gasteiger partial charge in [-0.05, 0) is 37.8 Å². The number of carboxylic acids is 1. The van der Waals surface area contributed by atoms with Crippen LogP contribution in [0.5, 0.6) is 0 Å². The molecule has 3 atom stereocenters. The molecule has 1 saturated heterocycles. The molecule has 2 fully saturated rings. The van der Waals surface area contributed by atoms with Crippen molar-refractivity contribution in [1.29, 1.82) is 0 Å². The number of piperidine rings is 1. The van der Waals surface area contributed by atoms with Gasteiger partial charge in [-0.2, -0.15) is 0 Å². The van der Waals surface area contributed by atoms with Crippen LogP contribution in [0, 0.1) is 5.92 Å². The molecule has 2 heterocycles. The molecule has 0 radical (unpaired) electrons. The van der Waals surface area contributed by atoms with Crippen molar-refractivity contribution < 1.29 is 24.3 Å². The number of nitrogens with zero attached hydrogens (tertiary/aromatic N) is 1. The zero-order chi connectivity index (χ0) is 19.1. The van der Waals surface area contributed by atoms with E-state index in [2.05, 4.69) is 10.6 Å². The maximum absolute atomic E-state index is 12.8. The Labute approximate surface area is 155 Å². The summed E-state index contributed by atoms with van der Waals surface area (Å²) in [5.74, 6) is -2.05. The third-order valence-electron chi connectivity index (χ3n) is 5.72. The Hall–Kier alpha value is -2.90. The highest BCUT2D eigenvalue weighted by atomic mass is 16.4. The maximum atomic E-state index is 12.8. The lowest BCUT2D eigenvalue weighted by molar-refractivity contribution is -0.141. The standard InChI is InChI=1S/C19H21N3O5/c23-16-7-6-15(17(24)21-16)22-9-13-12(18(22)25)2-1-3-14(13)20-11-5-4-10(8-11)19(26)27/h1-3,10-11,15,20H,4-9H2,(H,26,27)(H,21,23,24)/t10-,11-,15?/m1/s1. The summed E-state index contributed by atoms with van der Waals surface area (Å²) in [7, 11) is 0. The van der Waals surface area contributed by atoms with E-state index < -0.39 is 17.9 Å². The van der Waals surface area contributed by atoms with E-state index in [1.165, 1.54) is 4.90 Å². The third kappa shape index (κ3) is 3.15. The Bertz CT molecular complexity index is 837. The number of aliphatic carboxylic acids is 1. The van der Waals surface area contributed by atoms with Gasteiger partial charge in [0.25, 0.3) is 5.91 Å². The molecule has 142 valence electrons. The number of imide groups is 1. The van der Waals surface area contributed by atoms with Crippen molar-refractivity contribution >= 4 is 29.4 Å². The summed E-state index contributed by atoms with van der Waals surface area (Å²) in [6, 6.07) is 4.82. The summed E-state index contributed by atoms with van der Waals surface area (Å²) in [4.78, 5) is 49.0. The van der Waals surface area contributed by atoms with Crippen LogP contribution in [-0.2, 0) is 20.9 Å². The number of nitrogens with one attached hydrogen (secondary N) is 2. The summed E-state index contributed by atoms with van der Waals surface area (Å²) in [6.07, 6.45) is 2.52. The molecule has 0 spiro atoms. The first-order valence-electron chi connectivity index (χ1n) is 9.20. The molecule has 1 unspecified atom stereocenters. The summed E-state index contributed by atoms with van der Waals surface area (Å²) >= 11 is 0. The molecule has 3 N–H and O–H groups in total. The topological polar surface area (TPSA) is 116 Å². The summed E-state index contributed by atoms with van der Waals surface area (Å²) in [5, 5.41) is 14.9. The minimum absolute atomic E-state index is 0.0531. The van der Waals surface area contributed by atoms with Crippen LogP contribution >= 0.6 is 0 Å². The lowest BCUT2D eigenvalue weighted by atomic mass is 10.0. The molecule has 1 aromatic rings. The normalized spacial score (nSPS) is 27.5. The van der Waals surface area contributed by atoms with Crippen molar-refractivity contribution in [2.24, 2.45) is 5.92 Å². The number of benzene rings is 1. The Morgan fingerprint density at radius 2 is 2.00 bits per heavy atom. The fourth-order valence-corrected chi connectivity index (χ4v) is 4.28. The number of rotatable bonds is 4. The molecule has 1 aromatic carbocycles. The number of amides is 3. The molecule has 2 aliphatic heterocycles. The van der Waals surface area contributed by atoms with Crippen molar-refractivity contribution in [1.82, 2.24) is 10.2 Å². The van der Waals surface area contributed by atoms with E-state index in [9.17, 15) is 19.2 Å². The van der Waals surface area contributed by atoms with Gasteiger partial charge in [-0.1, -0.05) is 6.07 Å². The lowest BCUT2D eigenvalue weighted by Gasteiger charge is -2.29. The van der Waals surface area contributed by atoms with E-state index >= 15 is 0 Å². The first kappa shape index (κ1) is 17.5. The summed E-state index contributed by atoms with van der Waals surface area (Å²) in [5.41, 5.74) is 2.19. The van der Waals surface area contributed by atoms with Gasteiger partial charge in [0.05, 0.1) is 5.92 Å². The van der Waals surface area contributed by atoms with Crippen LogP contribution in [0.25, 0.3) is 0 Å². The Kier molecular flexibility index (Phi) is 4.33. The van der Waals surface area contributed by atoms with E-state index in [1.807, 2.05) is 6.07 Å². The Morgan fingerprint density at radius 3 is 2.70 bits per heavy atom. The molecule has 8 heteroatoms. The van der Waals surface area contributed by atoms with E-state index in [-0.39, 0.29) is 30.2 Å². The zero-order valence-corrected chi connectivity index (χ0v) is 14.7. The molecule has 0 aromatic heterocycles. The first-order chi connectivity index (χ1) is 12.9. The van der Waals surface area contributed by atoms with Crippen molar-refractivity contribution in [2.45, 2.75) is 50.7 Å². The second-order valence-electron chi connectivity index (χ2n) is 7.42. The smallest absolute Gasteiger partial charge is 0.306 e. The van der Waals surface area contributed by atoms with Crippen LogP contribution in [0.3, 0.4) is 0 Å². The van der Waals surface area contributed by atoms with E-state index in [0.29, 0.717) is 31.4 Å². The fourth-order valence-electron chi connectivity index (χ4n) is 4.28. The van der Waals surface area contributed by atoms with E-state index in [0.717, 1.165) is 17.7 Å². The number of hydrogen-bond acceptors (Lipinski definition) is 5. The number of carboxylic acid groups (broad SMARTS) is 1. The molecular weight excluding hydrogens is 350 g/mol. The second kappa shape index (κ2) is 6.68. The van der Waals surface area contributed by atoms with Gasteiger partial charge in [0.15, 0.2) is 0 Å². The highest BCUT2D eigenvalue weighted by Crippen LogP contribution is 2.35. The summed E-state index contributed by atoms with van der Waals surface area (Å²) in [6.45, 7) is 0.304. The van der Waals surface area contributed by atoms with E-state index in [4.69, 9.17) is 5.11 Å². The van der Waals surface area contributed by atoms with Gasteiger partial charge in [0.1, 0.15) is 6.04 Å². The van der Waals surface area contributed by atoms with Gasteiger partial charge < -0.3 is 15.3 Å². The van der Waals surface area contributed by atoms with Crippen LogP contribution < -0.4 is 10.6 Å². The molecule has 27 heavy (non-hydrogen) atoms. The quantitative estimate of drug-likeness (QED) is 0.683. The molecule has 1 aliphatic carbocycles. The number of carbonyl (C=O) groups is 4. The molecule has 8 nitrogen and oxygen atoms in total. The zero-order valence-electron chi connectivity index (χ0n) is 14.7. The van der Waals surface area contributed by atoms with Crippen molar-refractivity contribution in [3.8, 4) is 0 Å². The predicted octanol–water partition coefficient (Wildman–Crippen LogP) is 1.11. The van der Waals surface area contributed by atoms with Gasteiger partial charge in [0.2, 0.25) is 11.8 Å². The minimum Gasteiger partial charge on any atom is -0.481 e. The van der Waals surface area contributed by atoms with Gasteiger partial charge in [-0.25, -0.2) is 0 Å². The van der Waals surface area contributed by atoms with Crippen molar-refractivity contribution in [3.63, 3.8) is 0 Å².